The lowest BCUT2D eigenvalue weighted by atomic mass is 10.1. The molecule has 0 saturated heterocycles. The summed E-state index contributed by atoms with van der Waals surface area (Å²) in [6.45, 7) is 3.81. The number of thiocarbonyl (C=S) groups is 1. The molecule has 0 amide bonds. The fraction of sp³-hybridized carbons (Fsp3) is 0.462. The van der Waals surface area contributed by atoms with Crippen molar-refractivity contribution in [2.45, 2.75) is 13.5 Å². The van der Waals surface area contributed by atoms with Crippen molar-refractivity contribution in [2.24, 2.45) is 11.7 Å². The summed E-state index contributed by atoms with van der Waals surface area (Å²) in [6.07, 6.45) is 0. The van der Waals surface area contributed by atoms with Gasteiger partial charge in [0.1, 0.15) is 5.75 Å². The maximum absolute atomic E-state index is 5.60. The highest BCUT2D eigenvalue weighted by Gasteiger charge is 2.09. The van der Waals surface area contributed by atoms with Crippen LogP contribution in [0.25, 0.3) is 0 Å². The molecule has 0 fully saturated rings. The number of hydrogen-bond acceptors (Lipinski definition) is 3. The average Bonchev–Trinajstić information content (AvgIpc) is 2.29. The van der Waals surface area contributed by atoms with Crippen LogP contribution in [0.4, 0.5) is 0 Å². The molecular weight excluding hydrogens is 232 g/mol. The Kier molecular flexibility index (Phi) is 5.38. The Balaban J connectivity index is 2.49. The molecule has 1 rings (SSSR count). The van der Waals surface area contributed by atoms with Crippen LogP contribution in [0.1, 0.15) is 12.5 Å². The molecule has 3 nitrogen and oxygen atoms in total. The summed E-state index contributed by atoms with van der Waals surface area (Å²) in [4.78, 5) is 2.79. The molecule has 2 N–H and O–H groups in total. The van der Waals surface area contributed by atoms with Crippen molar-refractivity contribution in [3.05, 3.63) is 29.8 Å². The Morgan fingerprint density at radius 2 is 2.00 bits per heavy atom. The molecule has 0 aliphatic heterocycles. The predicted octanol–water partition coefficient (Wildman–Crippen LogP) is 2.05. The van der Waals surface area contributed by atoms with Gasteiger partial charge in [-0.05, 0) is 24.7 Å². The highest BCUT2D eigenvalue weighted by Crippen LogP contribution is 2.13. The molecule has 1 unspecified atom stereocenters. The largest absolute Gasteiger partial charge is 0.497 e. The van der Waals surface area contributed by atoms with Gasteiger partial charge in [0.05, 0.1) is 12.1 Å². The summed E-state index contributed by atoms with van der Waals surface area (Å²) >= 11 is 4.97. The van der Waals surface area contributed by atoms with Gasteiger partial charge in [-0.15, -0.1) is 0 Å². The lowest BCUT2D eigenvalue weighted by molar-refractivity contribution is 0.307. The Morgan fingerprint density at radius 3 is 2.47 bits per heavy atom. The fourth-order valence-electron chi connectivity index (χ4n) is 1.66. The van der Waals surface area contributed by atoms with Crippen LogP contribution in [0.5, 0.6) is 5.75 Å². The minimum atomic E-state index is 0.244. The molecule has 0 aliphatic carbocycles. The zero-order valence-electron chi connectivity index (χ0n) is 10.6. The van der Waals surface area contributed by atoms with Crippen molar-refractivity contribution in [2.75, 3.05) is 20.7 Å². The first-order valence-electron chi connectivity index (χ1n) is 5.63. The van der Waals surface area contributed by atoms with Gasteiger partial charge in [-0.1, -0.05) is 31.3 Å². The zero-order valence-corrected chi connectivity index (χ0v) is 11.5. The van der Waals surface area contributed by atoms with Gasteiger partial charge in [-0.25, -0.2) is 0 Å². The van der Waals surface area contributed by atoms with Crippen LogP contribution in [-0.4, -0.2) is 30.6 Å². The average molecular weight is 252 g/mol. The van der Waals surface area contributed by atoms with Gasteiger partial charge in [0.15, 0.2) is 0 Å². The van der Waals surface area contributed by atoms with Crippen LogP contribution < -0.4 is 10.5 Å². The minimum absolute atomic E-state index is 0.244. The van der Waals surface area contributed by atoms with Crippen LogP contribution >= 0.6 is 12.2 Å². The van der Waals surface area contributed by atoms with Crippen molar-refractivity contribution in [3.8, 4) is 5.75 Å². The molecular formula is C13H20N2OS. The first-order chi connectivity index (χ1) is 8.02. The third kappa shape index (κ3) is 4.71. The Labute approximate surface area is 109 Å². The van der Waals surface area contributed by atoms with Crippen LogP contribution in [-0.2, 0) is 6.54 Å². The summed E-state index contributed by atoms with van der Waals surface area (Å²) in [7, 11) is 3.74. The third-order valence-electron chi connectivity index (χ3n) is 2.68. The van der Waals surface area contributed by atoms with Crippen molar-refractivity contribution < 1.29 is 4.74 Å². The first kappa shape index (κ1) is 13.9. The lowest BCUT2D eigenvalue weighted by Crippen LogP contribution is -2.31. The van der Waals surface area contributed by atoms with Gasteiger partial charge in [-0.3, -0.25) is 0 Å². The van der Waals surface area contributed by atoms with E-state index in [0.717, 1.165) is 18.8 Å². The summed E-state index contributed by atoms with van der Waals surface area (Å²) < 4.78 is 5.12. The van der Waals surface area contributed by atoms with Crippen LogP contribution in [0.2, 0.25) is 0 Å². The molecule has 0 aliphatic rings. The maximum atomic E-state index is 5.60. The summed E-state index contributed by atoms with van der Waals surface area (Å²) in [5, 5.41) is 0. The van der Waals surface area contributed by atoms with E-state index in [1.165, 1.54) is 5.56 Å². The molecule has 0 spiro atoms. The second-order valence-electron chi connectivity index (χ2n) is 4.35. The second-order valence-corrected chi connectivity index (χ2v) is 4.82. The maximum Gasteiger partial charge on any atom is 0.118 e. The standard InChI is InChI=1S/C13H20N2OS/c1-10(13(14)17)8-15(2)9-11-4-6-12(16-3)7-5-11/h4-7,10H,8-9H2,1-3H3,(H2,14,17). The lowest BCUT2D eigenvalue weighted by Gasteiger charge is -2.20. The smallest absolute Gasteiger partial charge is 0.118 e. The zero-order chi connectivity index (χ0) is 12.8. The van der Waals surface area contributed by atoms with Crippen molar-refractivity contribution in [1.82, 2.24) is 4.90 Å². The number of hydrogen-bond donors (Lipinski definition) is 1. The van der Waals surface area contributed by atoms with Crippen LogP contribution in [0.3, 0.4) is 0 Å². The van der Waals surface area contributed by atoms with Gasteiger partial charge >= 0.3 is 0 Å². The topological polar surface area (TPSA) is 38.5 Å². The Hall–Kier alpha value is -1.13. The van der Waals surface area contributed by atoms with E-state index in [4.69, 9.17) is 22.7 Å². The van der Waals surface area contributed by atoms with E-state index in [2.05, 4.69) is 24.1 Å². The summed E-state index contributed by atoms with van der Waals surface area (Å²) in [6, 6.07) is 8.09. The molecule has 0 saturated carbocycles. The quantitative estimate of drug-likeness (QED) is 0.786. The molecule has 94 valence electrons. The van der Waals surface area contributed by atoms with E-state index in [1.54, 1.807) is 7.11 Å². The van der Waals surface area contributed by atoms with E-state index in [-0.39, 0.29) is 5.92 Å². The fourth-order valence-corrected chi connectivity index (χ4v) is 1.74. The van der Waals surface area contributed by atoms with Gasteiger partial charge < -0.3 is 15.4 Å². The summed E-state index contributed by atoms with van der Waals surface area (Å²) in [5.74, 6) is 1.13. The monoisotopic (exact) mass is 252 g/mol. The third-order valence-corrected chi connectivity index (χ3v) is 3.09. The number of ether oxygens (including phenoxy) is 1. The normalized spacial score (nSPS) is 12.5. The predicted molar refractivity (Wildman–Crippen MR) is 75.3 cm³/mol. The molecule has 17 heavy (non-hydrogen) atoms. The molecule has 1 aromatic carbocycles. The Bertz CT molecular complexity index is 364. The second kappa shape index (κ2) is 6.57. The van der Waals surface area contributed by atoms with E-state index in [0.29, 0.717) is 4.99 Å². The van der Waals surface area contributed by atoms with E-state index in [1.807, 2.05) is 19.1 Å². The molecule has 1 aromatic rings. The van der Waals surface area contributed by atoms with Gasteiger partial charge in [0.2, 0.25) is 0 Å². The van der Waals surface area contributed by atoms with Gasteiger partial charge in [0.25, 0.3) is 0 Å². The molecule has 1 atom stereocenters. The van der Waals surface area contributed by atoms with Crippen LogP contribution in [0, 0.1) is 5.92 Å². The number of nitrogens with zero attached hydrogens (tertiary/aromatic N) is 1. The van der Waals surface area contributed by atoms with E-state index in [9.17, 15) is 0 Å². The molecule has 0 aromatic heterocycles. The van der Waals surface area contributed by atoms with Gasteiger partial charge in [-0.2, -0.15) is 0 Å². The van der Waals surface area contributed by atoms with Crippen molar-refractivity contribution in [3.63, 3.8) is 0 Å². The molecule has 4 heteroatoms. The van der Waals surface area contributed by atoms with E-state index >= 15 is 0 Å². The van der Waals surface area contributed by atoms with Crippen molar-refractivity contribution in [1.29, 1.82) is 0 Å². The number of rotatable bonds is 6. The SMILES string of the molecule is COc1ccc(CN(C)CC(C)C(N)=S)cc1. The highest BCUT2D eigenvalue weighted by atomic mass is 32.1. The number of nitrogens with two attached hydrogens (primary N) is 1. The number of benzene rings is 1. The Morgan fingerprint density at radius 1 is 1.41 bits per heavy atom. The van der Waals surface area contributed by atoms with E-state index < -0.39 is 0 Å². The first-order valence-corrected chi connectivity index (χ1v) is 6.04. The summed E-state index contributed by atoms with van der Waals surface area (Å²) in [5.41, 5.74) is 6.86. The molecule has 0 radical (unpaired) electrons. The number of methoxy groups -OCH3 is 1. The minimum Gasteiger partial charge on any atom is -0.497 e. The van der Waals surface area contributed by atoms with Crippen LogP contribution in [0.15, 0.2) is 24.3 Å². The molecule has 0 bridgehead atoms. The highest BCUT2D eigenvalue weighted by molar-refractivity contribution is 7.80. The van der Waals surface area contributed by atoms with Gasteiger partial charge in [0, 0.05) is 19.0 Å². The molecule has 0 heterocycles. The van der Waals surface area contributed by atoms with Crippen molar-refractivity contribution >= 4 is 17.2 Å².